The summed E-state index contributed by atoms with van der Waals surface area (Å²) in [6.45, 7) is 1.97. The van der Waals surface area contributed by atoms with E-state index in [0.29, 0.717) is 0 Å². The zero-order valence-corrected chi connectivity index (χ0v) is 13.5. The number of hydrogen-bond acceptors (Lipinski definition) is 2. The smallest absolute Gasteiger partial charge is 0.0328 e. The number of nitrogens with zero attached hydrogens (tertiary/aromatic N) is 1. The van der Waals surface area contributed by atoms with E-state index in [0.717, 1.165) is 17.6 Å². The Balaban J connectivity index is 1.93. The lowest BCUT2D eigenvalue weighted by atomic mass is 10.2. The molecule has 2 rings (SSSR count). The highest BCUT2D eigenvalue weighted by molar-refractivity contribution is 9.10. The van der Waals surface area contributed by atoms with E-state index in [2.05, 4.69) is 79.5 Å². The maximum absolute atomic E-state index is 3.48. The van der Waals surface area contributed by atoms with Gasteiger partial charge in [0.2, 0.25) is 0 Å². The van der Waals surface area contributed by atoms with Crippen LogP contribution >= 0.6 is 43.2 Å². The summed E-state index contributed by atoms with van der Waals surface area (Å²) in [5.74, 6) is 0. The highest BCUT2D eigenvalue weighted by Crippen LogP contribution is 2.21. The van der Waals surface area contributed by atoms with E-state index < -0.39 is 0 Å². The minimum atomic E-state index is 0.975. The molecular formula is C13H13Br2NS. The standard InChI is InChI=1S/C13H13Br2NS/c1-16(8-13-6-12(15)9-17-13)7-10-2-4-11(14)5-3-10/h2-6,9H,7-8H2,1H3. The first-order chi connectivity index (χ1) is 8.13. The monoisotopic (exact) mass is 373 g/mol. The average Bonchev–Trinajstić information content (AvgIpc) is 2.67. The Morgan fingerprint density at radius 3 is 2.35 bits per heavy atom. The van der Waals surface area contributed by atoms with Crippen LogP contribution < -0.4 is 0 Å². The molecule has 0 aliphatic carbocycles. The van der Waals surface area contributed by atoms with Crippen LogP contribution in [-0.2, 0) is 13.1 Å². The Kier molecular flexibility index (Phi) is 4.79. The van der Waals surface area contributed by atoms with Crippen LogP contribution in [-0.4, -0.2) is 11.9 Å². The van der Waals surface area contributed by atoms with Crippen LogP contribution in [0.3, 0.4) is 0 Å². The van der Waals surface area contributed by atoms with Gasteiger partial charge in [-0.05, 0) is 46.7 Å². The van der Waals surface area contributed by atoms with Crippen molar-refractivity contribution in [2.75, 3.05) is 7.05 Å². The second kappa shape index (κ2) is 6.14. The van der Waals surface area contributed by atoms with Gasteiger partial charge < -0.3 is 0 Å². The second-order valence-electron chi connectivity index (χ2n) is 4.03. The predicted octanol–water partition coefficient (Wildman–Crippen LogP) is 4.91. The number of benzene rings is 1. The molecule has 0 unspecified atom stereocenters. The Hall–Kier alpha value is -0.160. The number of hydrogen-bond donors (Lipinski definition) is 0. The molecule has 0 aliphatic rings. The first-order valence-electron chi connectivity index (χ1n) is 5.29. The van der Waals surface area contributed by atoms with Crippen molar-refractivity contribution < 1.29 is 0 Å². The molecule has 0 saturated carbocycles. The van der Waals surface area contributed by atoms with E-state index in [1.54, 1.807) is 11.3 Å². The van der Waals surface area contributed by atoms with E-state index in [1.165, 1.54) is 14.9 Å². The fourth-order valence-electron chi connectivity index (χ4n) is 1.66. The first-order valence-corrected chi connectivity index (χ1v) is 7.76. The highest BCUT2D eigenvalue weighted by atomic mass is 79.9. The van der Waals surface area contributed by atoms with Crippen molar-refractivity contribution in [1.82, 2.24) is 4.90 Å². The highest BCUT2D eigenvalue weighted by Gasteiger charge is 2.04. The van der Waals surface area contributed by atoms with Crippen LogP contribution in [0.4, 0.5) is 0 Å². The maximum Gasteiger partial charge on any atom is 0.0328 e. The molecule has 0 spiro atoms. The topological polar surface area (TPSA) is 3.24 Å². The van der Waals surface area contributed by atoms with Gasteiger partial charge >= 0.3 is 0 Å². The van der Waals surface area contributed by atoms with Crippen molar-refractivity contribution in [2.45, 2.75) is 13.1 Å². The molecule has 1 aromatic heterocycles. The Morgan fingerprint density at radius 1 is 1.06 bits per heavy atom. The van der Waals surface area contributed by atoms with Gasteiger partial charge in [0, 0.05) is 32.3 Å². The summed E-state index contributed by atoms with van der Waals surface area (Å²) in [7, 11) is 2.15. The van der Waals surface area contributed by atoms with Crippen LogP contribution in [0.25, 0.3) is 0 Å². The molecule has 17 heavy (non-hydrogen) atoms. The first kappa shape index (κ1) is 13.3. The molecule has 90 valence electrons. The van der Waals surface area contributed by atoms with Crippen LogP contribution in [0.1, 0.15) is 10.4 Å². The molecule has 0 N–H and O–H groups in total. The summed E-state index contributed by atoms with van der Waals surface area (Å²) in [5, 5.41) is 2.13. The van der Waals surface area contributed by atoms with E-state index in [4.69, 9.17) is 0 Å². The third-order valence-corrected chi connectivity index (χ3v) is 4.62. The minimum absolute atomic E-state index is 0.975. The molecule has 0 radical (unpaired) electrons. The molecule has 4 heteroatoms. The lowest BCUT2D eigenvalue weighted by molar-refractivity contribution is 0.322. The van der Waals surface area contributed by atoms with Crippen LogP contribution in [0, 0.1) is 0 Å². The van der Waals surface area contributed by atoms with Crippen LogP contribution in [0.15, 0.2) is 44.7 Å². The van der Waals surface area contributed by atoms with Gasteiger partial charge in [-0.2, -0.15) is 0 Å². The van der Waals surface area contributed by atoms with E-state index >= 15 is 0 Å². The average molecular weight is 375 g/mol. The van der Waals surface area contributed by atoms with E-state index in [9.17, 15) is 0 Å². The molecule has 1 aromatic carbocycles. The van der Waals surface area contributed by atoms with Crippen molar-refractivity contribution >= 4 is 43.2 Å². The zero-order chi connectivity index (χ0) is 12.3. The van der Waals surface area contributed by atoms with Gasteiger partial charge in [-0.3, -0.25) is 4.90 Å². The molecule has 2 aromatic rings. The number of thiophene rings is 1. The normalized spacial score (nSPS) is 11.1. The summed E-state index contributed by atoms with van der Waals surface area (Å²) in [6, 6.07) is 10.7. The molecule has 0 bridgehead atoms. The summed E-state index contributed by atoms with van der Waals surface area (Å²) in [6.07, 6.45) is 0. The van der Waals surface area contributed by atoms with Crippen LogP contribution in [0.5, 0.6) is 0 Å². The third kappa shape index (κ3) is 4.21. The zero-order valence-electron chi connectivity index (χ0n) is 9.49. The lowest BCUT2D eigenvalue weighted by Gasteiger charge is -2.15. The van der Waals surface area contributed by atoms with Gasteiger partial charge in [-0.25, -0.2) is 0 Å². The van der Waals surface area contributed by atoms with Crippen LogP contribution in [0.2, 0.25) is 0 Å². The molecule has 0 fully saturated rings. The minimum Gasteiger partial charge on any atom is -0.297 e. The largest absolute Gasteiger partial charge is 0.297 e. The molecule has 0 atom stereocenters. The number of halogens is 2. The number of rotatable bonds is 4. The van der Waals surface area contributed by atoms with Gasteiger partial charge in [0.1, 0.15) is 0 Å². The van der Waals surface area contributed by atoms with E-state index in [-0.39, 0.29) is 0 Å². The van der Waals surface area contributed by atoms with Crippen molar-refractivity contribution in [3.8, 4) is 0 Å². The quantitative estimate of drug-likeness (QED) is 0.735. The van der Waals surface area contributed by atoms with Gasteiger partial charge in [-0.15, -0.1) is 11.3 Å². The summed E-state index contributed by atoms with van der Waals surface area (Å²) in [4.78, 5) is 3.71. The van der Waals surface area contributed by atoms with Crippen molar-refractivity contribution in [2.24, 2.45) is 0 Å². The SMILES string of the molecule is CN(Cc1ccc(Br)cc1)Cc1cc(Br)cs1. The Labute approximate surface area is 123 Å². The van der Waals surface area contributed by atoms with Gasteiger partial charge in [0.25, 0.3) is 0 Å². The molecule has 1 nitrogen and oxygen atoms in total. The molecular weight excluding hydrogens is 362 g/mol. The van der Waals surface area contributed by atoms with Gasteiger partial charge in [0.05, 0.1) is 0 Å². The van der Waals surface area contributed by atoms with Crippen molar-refractivity contribution in [3.05, 3.63) is 55.1 Å². The summed E-state index contributed by atoms with van der Waals surface area (Å²) >= 11 is 8.73. The third-order valence-electron chi connectivity index (χ3n) is 2.41. The van der Waals surface area contributed by atoms with Crippen molar-refractivity contribution in [3.63, 3.8) is 0 Å². The summed E-state index contributed by atoms with van der Waals surface area (Å²) < 4.78 is 2.31. The maximum atomic E-state index is 3.48. The summed E-state index contributed by atoms with van der Waals surface area (Å²) in [5.41, 5.74) is 1.34. The molecule has 0 amide bonds. The van der Waals surface area contributed by atoms with Gasteiger partial charge in [-0.1, -0.05) is 28.1 Å². The Bertz CT molecular complexity index is 478. The van der Waals surface area contributed by atoms with Crippen molar-refractivity contribution in [1.29, 1.82) is 0 Å². The predicted molar refractivity (Wildman–Crippen MR) is 81.3 cm³/mol. The molecule has 0 aliphatic heterocycles. The Morgan fingerprint density at radius 2 is 1.76 bits per heavy atom. The fraction of sp³-hybridized carbons (Fsp3) is 0.231. The fourth-order valence-corrected chi connectivity index (χ4v) is 3.45. The van der Waals surface area contributed by atoms with Gasteiger partial charge in [0.15, 0.2) is 0 Å². The molecule has 0 saturated heterocycles. The lowest BCUT2D eigenvalue weighted by Crippen LogP contribution is -2.16. The molecule has 1 heterocycles. The second-order valence-corrected chi connectivity index (χ2v) is 6.86. The van der Waals surface area contributed by atoms with E-state index in [1.807, 2.05) is 0 Å².